The summed E-state index contributed by atoms with van der Waals surface area (Å²) < 4.78 is 10.6. The number of anilines is 1. The third kappa shape index (κ3) is 3.40. The predicted octanol–water partition coefficient (Wildman–Crippen LogP) is 3.89. The number of phenolic OH excluding ortho intramolecular Hbond substituents is 1. The van der Waals surface area contributed by atoms with Gasteiger partial charge in [0.25, 0.3) is 0 Å². The van der Waals surface area contributed by atoms with Crippen LogP contribution in [-0.2, 0) is 0 Å². The van der Waals surface area contributed by atoms with Gasteiger partial charge in [-0.25, -0.2) is 0 Å². The van der Waals surface area contributed by atoms with E-state index in [1.54, 1.807) is 26.4 Å². The van der Waals surface area contributed by atoms with Gasteiger partial charge >= 0.3 is 0 Å². The molecule has 112 valence electrons. The van der Waals surface area contributed by atoms with Crippen LogP contribution in [0.15, 0.2) is 36.4 Å². The van der Waals surface area contributed by atoms with E-state index in [0.717, 1.165) is 16.8 Å². The van der Waals surface area contributed by atoms with Crippen molar-refractivity contribution in [2.24, 2.45) is 0 Å². The summed E-state index contributed by atoms with van der Waals surface area (Å²) in [5.41, 5.74) is 3.09. The zero-order valence-electron chi connectivity index (χ0n) is 12.8. The average Bonchev–Trinajstić information content (AvgIpc) is 2.49. The van der Waals surface area contributed by atoms with Crippen LogP contribution in [0.3, 0.4) is 0 Å². The smallest absolute Gasteiger partial charge is 0.161 e. The van der Waals surface area contributed by atoms with Crippen molar-refractivity contribution in [3.05, 3.63) is 47.5 Å². The summed E-state index contributed by atoms with van der Waals surface area (Å²) >= 11 is 0. The second kappa shape index (κ2) is 6.39. The molecule has 1 unspecified atom stereocenters. The Morgan fingerprint density at radius 1 is 1.00 bits per heavy atom. The van der Waals surface area contributed by atoms with Crippen LogP contribution in [-0.4, -0.2) is 19.3 Å². The molecule has 2 aromatic rings. The number of phenols is 1. The zero-order valence-corrected chi connectivity index (χ0v) is 12.8. The first kappa shape index (κ1) is 15.0. The number of aromatic hydroxyl groups is 1. The van der Waals surface area contributed by atoms with Crippen molar-refractivity contribution in [2.75, 3.05) is 19.5 Å². The van der Waals surface area contributed by atoms with Crippen LogP contribution in [0.4, 0.5) is 5.69 Å². The number of hydrogen-bond donors (Lipinski definition) is 2. The van der Waals surface area contributed by atoms with Gasteiger partial charge in [0.15, 0.2) is 11.5 Å². The molecule has 4 heteroatoms. The Labute approximate surface area is 125 Å². The van der Waals surface area contributed by atoms with Crippen LogP contribution in [0.1, 0.15) is 24.1 Å². The van der Waals surface area contributed by atoms with Gasteiger partial charge in [0, 0.05) is 11.7 Å². The molecule has 0 fully saturated rings. The van der Waals surface area contributed by atoms with E-state index < -0.39 is 0 Å². The number of benzene rings is 2. The monoisotopic (exact) mass is 287 g/mol. The molecular weight excluding hydrogens is 266 g/mol. The fraction of sp³-hybridized carbons (Fsp3) is 0.294. The first-order valence-electron chi connectivity index (χ1n) is 6.83. The largest absolute Gasteiger partial charge is 0.508 e. The second-order valence-electron chi connectivity index (χ2n) is 4.98. The van der Waals surface area contributed by atoms with Crippen molar-refractivity contribution < 1.29 is 14.6 Å². The van der Waals surface area contributed by atoms with E-state index in [1.807, 2.05) is 31.2 Å². The summed E-state index contributed by atoms with van der Waals surface area (Å²) in [6.45, 7) is 4.04. The van der Waals surface area contributed by atoms with Crippen molar-refractivity contribution >= 4 is 5.69 Å². The van der Waals surface area contributed by atoms with E-state index in [-0.39, 0.29) is 11.8 Å². The summed E-state index contributed by atoms with van der Waals surface area (Å²) in [6, 6.07) is 11.3. The number of methoxy groups -OCH3 is 2. The molecule has 2 rings (SSSR count). The molecular formula is C17H21NO3. The molecule has 0 aromatic heterocycles. The van der Waals surface area contributed by atoms with Crippen LogP contribution in [0.5, 0.6) is 17.2 Å². The summed E-state index contributed by atoms with van der Waals surface area (Å²) in [5.74, 6) is 1.71. The highest BCUT2D eigenvalue weighted by atomic mass is 16.5. The molecule has 0 aliphatic carbocycles. The van der Waals surface area contributed by atoms with Crippen LogP contribution in [0.2, 0.25) is 0 Å². The molecule has 0 saturated carbocycles. The number of hydrogen-bond acceptors (Lipinski definition) is 4. The van der Waals surface area contributed by atoms with E-state index >= 15 is 0 Å². The molecule has 4 nitrogen and oxygen atoms in total. The molecule has 2 aromatic carbocycles. The minimum Gasteiger partial charge on any atom is -0.508 e. The molecule has 0 amide bonds. The maximum atomic E-state index is 9.46. The Morgan fingerprint density at radius 3 is 2.33 bits per heavy atom. The van der Waals surface area contributed by atoms with Gasteiger partial charge in [-0.05, 0) is 55.3 Å². The highest BCUT2D eigenvalue weighted by Crippen LogP contribution is 2.31. The average molecular weight is 287 g/mol. The summed E-state index contributed by atoms with van der Waals surface area (Å²) in [7, 11) is 3.25. The Balaban J connectivity index is 2.21. The molecule has 0 spiro atoms. The van der Waals surface area contributed by atoms with Gasteiger partial charge in [0.2, 0.25) is 0 Å². The van der Waals surface area contributed by atoms with Gasteiger partial charge in [-0.15, -0.1) is 0 Å². The minimum absolute atomic E-state index is 0.105. The van der Waals surface area contributed by atoms with Gasteiger partial charge in [-0.3, -0.25) is 0 Å². The fourth-order valence-electron chi connectivity index (χ4n) is 2.25. The lowest BCUT2D eigenvalue weighted by atomic mass is 10.1. The summed E-state index contributed by atoms with van der Waals surface area (Å²) in [6.07, 6.45) is 0. The molecule has 0 aliphatic heterocycles. The van der Waals surface area contributed by atoms with Crippen molar-refractivity contribution in [1.29, 1.82) is 0 Å². The predicted molar refractivity (Wildman–Crippen MR) is 84.4 cm³/mol. The normalized spacial score (nSPS) is 11.8. The second-order valence-corrected chi connectivity index (χ2v) is 4.98. The summed E-state index contributed by atoms with van der Waals surface area (Å²) in [5, 5.41) is 12.9. The first-order chi connectivity index (χ1) is 10.0. The molecule has 0 saturated heterocycles. The van der Waals surface area contributed by atoms with Crippen LogP contribution in [0.25, 0.3) is 0 Å². The van der Waals surface area contributed by atoms with E-state index in [1.165, 1.54) is 0 Å². The molecule has 0 heterocycles. The number of ether oxygens (including phenoxy) is 2. The lowest BCUT2D eigenvalue weighted by Crippen LogP contribution is -2.08. The van der Waals surface area contributed by atoms with Gasteiger partial charge in [0.05, 0.1) is 14.2 Å². The minimum atomic E-state index is 0.105. The van der Waals surface area contributed by atoms with Crippen molar-refractivity contribution in [2.45, 2.75) is 19.9 Å². The number of aryl methyl sites for hydroxylation is 1. The van der Waals surface area contributed by atoms with E-state index in [0.29, 0.717) is 11.5 Å². The Morgan fingerprint density at radius 2 is 1.71 bits per heavy atom. The zero-order chi connectivity index (χ0) is 15.4. The maximum Gasteiger partial charge on any atom is 0.161 e. The van der Waals surface area contributed by atoms with E-state index in [9.17, 15) is 5.11 Å². The van der Waals surface area contributed by atoms with Crippen molar-refractivity contribution in [3.8, 4) is 17.2 Å². The first-order valence-corrected chi connectivity index (χ1v) is 6.83. The van der Waals surface area contributed by atoms with Crippen LogP contribution >= 0.6 is 0 Å². The topological polar surface area (TPSA) is 50.7 Å². The highest BCUT2D eigenvalue weighted by molar-refractivity contribution is 5.55. The standard InChI is InChI=1S/C17H21NO3/c1-11-9-14(19)6-7-15(11)18-12(2)13-5-8-16(20-3)17(10-13)21-4/h5-10,12,18-19H,1-4H3. The van der Waals surface area contributed by atoms with Crippen molar-refractivity contribution in [1.82, 2.24) is 0 Å². The third-order valence-corrected chi connectivity index (χ3v) is 3.49. The molecule has 0 bridgehead atoms. The molecule has 0 aliphatic rings. The van der Waals surface area contributed by atoms with Crippen LogP contribution < -0.4 is 14.8 Å². The van der Waals surface area contributed by atoms with E-state index in [2.05, 4.69) is 12.2 Å². The van der Waals surface area contributed by atoms with Crippen LogP contribution in [0, 0.1) is 6.92 Å². The Bertz CT molecular complexity index is 625. The van der Waals surface area contributed by atoms with E-state index in [4.69, 9.17) is 9.47 Å². The lowest BCUT2D eigenvalue weighted by Gasteiger charge is -2.19. The maximum absolute atomic E-state index is 9.46. The van der Waals surface area contributed by atoms with Gasteiger partial charge in [-0.2, -0.15) is 0 Å². The van der Waals surface area contributed by atoms with Gasteiger partial charge < -0.3 is 19.9 Å². The Kier molecular flexibility index (Phi) is 4.58. The molecule has 2 N–H and O–H groups in total. The highest BCUT2D eigenvalue weighted by Gasteiger charge is 2.11. The quantitative estimate of drug-likeness (QED) is 0.819. The number of nitrogens with one attached hydrogen (secondary N) is 1. The Hall–Kier alpha value is -2.36. The molecule has 1 atom stereocenters. The SMILES string of the molecule is COc1ccc(C(C)Nc2ccc(O)cc2C)cc1OC. The van der Waals surface area contributed by atoms with Crippen molar-refractivity contribution in [3.63, 3.8) is 0 Å². The third-order valence-electron chi connectivity index (χ3n) is 3.49. The number of rotatable bonds is 5. The van der Waals surface area contributed by atoms with Gasteiger partial charge in [0.1, 0.15) is 5.75 Å². The molecule has 21 heavy (non-hydrogen) atoms. The summed E-state index contributed by atoms with van der Waals surface area (Å²) in [4.78, 5) is 0. The lowest BCUT2D eigenvalue weighted by molar-refractivity contribution is 0.354. The molecule has 0 radical (unpaired) electrons. The van der Waals surface area contributed by atoms with Gasteiger partial charge in [-0.1, -0.05) is 6.07 Å². The fourth-order valence-corrected chi connectivity index (χ4v) is 2.25.